The summed E-state index contributed by atoms with van der Waals surface area (Å²) in [5.41, 5.74) is 3.53. The summed E-state index contributed by atoms with van der Waals surface area (Å²) >= 11 is 5.43. The molecule has 0 aliphatic rings. The molecule has 0 saturated carbocycles. The lowest BCUT2D eigenvalue weighted by atomic mass is 9.87. The van der Waals surface area contributed by atoms with Gasteiger partial charge in [0, 0.05) is 6.42 Å². The van der Waals surface area contributed by atoms with Gasteiger partial charge in [0.15, 0.2) is 5.11 Å². The van der Waals surface area contributed by atoms with Crippen LogP contribution in [0.3, 0.4) is 0 Å². The van der Waals surface area contributed by atoms with Gasteiger partial charge in [-0.15, -0.1) is 0 Å². The number of thiocarbonyl (C=S) groups is 1. The highest BCUT2D eigenvalue weighted by Gasteiger charge is 2.16. The maximum absolute atomic E-state index is 12.4. The molecule has 0 aliphatic carbocycles. The summed E-state index contributed by atoms with van der Waals surface area (Å²) in [5.74, 6) is 0.688. The van der Waals surface area contributed by atoms with Gasteiger partial charge >= 0.3 is 0 Å². The van der Waals surface area contributed by atoms with E-state index in [1.807, 2.05) is 72.8 Å². The minimum Gasteiger partial charge on any atom is -0.494 e. The monoisotopic (exact) mass is 460 g/mol. The molecule has 5 heteroatoms. The third-order valence-corrected chi connectivity index (χ3v) is 5.55. The van der Waals surface area contributed by atoms with Crippen molar-refractivity contribution in [3.05, 3.63) is 102 Å². The lowest BCUT2D eigenvalue weighted by Crippen LogP contribution is -2.41. The molecule has 3 aromatic carbocycles. The molecule has 0 saturated heterocycles. The number of ether oxygens (including phenoxy) is 1. The zero-order chi connectivity index (χ0) is 23.7. The molecule has 1 amide bonds. The minimum atomic E-state index is -0.139. The summed E-state index contributed by atoms with van der Waals surface area (Å²) in [6, 6.07) is 28.1. The maximum atomic E-state index is 12.4. The molecule has 172 valence electrons. The summed E-state index contributed by atoms with van der Waals surface area (Å²) in [6.45, 7) is 7.02. The van der Waals surface area contributed by atoms with Gasteiger partial charge in [-0.1, -0.05) is 93.6 Å². The van der Waals surface area contributed by atoms with Crippen LogP contribution in [0.4, 0.5) is 0 Å². The number of amides is 1. The van der Waals surface area contributed by atoms with Gasteiger partial charge in [-0.3, -0.25) is 4.79 Å². The van der Waals surface area contributed by atoms with E-state index in [9.17, 15) is 4.79 Å². The average molecular weight is 461 g/mol. The molecule has 2 N–H and O–H groups in total. The van der Waals surface area contributed by atoms with E-state index in [1.165, 1.54) is 5.56 Å². The summed E-state index contributed by atoms with van der Waals surface area (Å²) < 4.78 is 5.78. The van der Waals surface area contributed by atoms with Gasteiger partial charge in [-0.2, -0.15) is 0 Å². The highest BCUT2D eigenvalue weighted by molar-refractivity contribution is 7.80. The fraction of sp³-hybridized carbons (Fsp3) is 0.286. The van der Waals surface area contributed by atoms with E-state index in [2.05, 4.69) is 43.5 Å². The van der Waals surface area contributed by atoms with Crippen LogP contribution in [0.1, 0.15) is 56.3 Å². The first-order valence-electron chi connectivity index (χ1n) is 11.3. The molecule has 0 fully saturated rings. The second kappa shape index (κ2) is 11.6. The lowest BCUT2D eigenvalue weighted by molar-refractivity contribution is -0.119. The summed E-state index contributed by atoms with van der Waals surface area (Å²) in [4.78, 5) is 12.4. The first kappa shape index (κ1) is 24.5. The van der Waals surface area contributed by atoms with Crippen molar-refractivity contribution in [2.75, 3.05) is 6.61 Å². The Morgan fingerprint density at radius 2 is 1.42 bits per heavy atom. The van der Waals surface area contributed by atoms with Crippen LogP contribution in [0.25, 0.3) is 0 Å². The van der Waals surface area contributed by atoms with Crippen molar-refractivity contribution in [2.45, 2.75) is 45.1 Å². The van der Waals surface area contributed by atoms with E-state index in [4.69, 9.17) is 17.0 Å². The molecule has 0 spiro atoms. The highest BCUT2D eigenvalue weighted by Crippen LogP contribution is 2.24. The van der Waals surface area contributed by atoms with Crippen LogP contribution in [-0.2, 0) is 10.2 Å². The summed E-state index contributed by atoms with van der Waals surface area (Å²) in [5, 5.41) is 6.40. The Balaban J connectivity index is 1.46. The zero-order valence-electron chi connectivity index (χ0n) is 19.5. The average Bonchev–Trinajstić information content (AvgIpc) is 2.81. The second-order valence-electron chi connectivity index (χ2n) is 9.00. The molecule has 0 aliphatic heterocycles. The minimum absolute atomic E-state index is 0.114. The van der Waals surface area contributed by atoms with Crippen molar-refractivity contribution < 1.29 is 9.53 Å². The molecule has 3 aromatic rings. The Labute approximate surface area is 202 Å². The Kier molecular flexibility index (Phi) is 8.61. The van der Waals surface area contributed by atoms with Crippen molar-refractivity contribution >= 4 is 23.2 Å². The summed E-state index contributed by atoms with van der Waals surface area (Å²) in [7, 11) is 0. The van der Waals surface area contributed by atoms with E-state index in [1.54, 1.807) is 0 Å². The van der Waals surface area contributed by atoms with E-state index in [0.717, 1.165) is 16.9 Å². The molecule has 3 rings (SSSR count). The van der Waals surface area contributed by atoms with Crippen molar-refractivity contribution in [1.82, 2.24) is 10.6 Å². The number of rotatable bonds is 8. The van der Waals surface area contributed by atoms with Crippen LogP contribution in [0.15, 0.2) is 84.9 Å². The fourth-order valence-corrected chi connectivity index (χ4v) is 3.71. The lowest BCUT2D eigenvalue weighted by Gasteiger charge is -2.21. The van der Waals surface area contributed by atoms with Gasteiger partial charge in [-0.25, -0.2) is 0 Å². The van der Waals surface area contributed by atoms with Gasteiger partial charge in [0.05, 0.1) is 12.6 Å². The van der Waals surface area contributed by atoms with E-state index >= 15 is 0 Å². The molecule has 33 heavy (non-hydrogen) atoms. The predicted molar refractivity (Wildman–Crippen MR) is 138 cm³/mol. The number of hydrogen-bond acceptors (Lipinski definition) is 3. The first-order chi connectivity index (χ1) is 15.8. The zero-order valence-corrected chi connectivity index (χ0v) is 20.3. The smallest absolute Gasteiger partial charge is 0.226 e. The largest absolute Gasteiger partial charge is 0.494 e. The van der Waals surface area contributed by atoms with Gasteiger partial charge in [0.25, 0.3) is 0 Å². The van der Waals surface area contributed by atoms with Crippen LogP contribution in [-0.4, -0.2) is 17.6 Å². The van der Waals surface area contributed by atoms with Crippen molar-refractivity contribution in [3.63, 3.8) is 0 Å². The predicted octanol–water partition coefficient (Wildman–Crippen LogP) is 5.92. The van der Waals surface area contributed by atoms with E-state index in [-0.39, 0.29) is 17.4 Å². The van der Waals surface area contributed by atoms with Gasteiger partial charge in [0.1, 0.15) is 5.75 Å². The van der Waals surface area contributed by atoms with Crippen molar-refractivity contribution in [2.24, 2.45) is 0 Å². The van der Waals surface area contributed by atoms with Gasteiger partial charge in [0.2, 0.25) is 5.91 Å². The number of nitrogens with one attached hydrogen (secondary N) is 2. The number of carbonyl (C=O) groups excluding carboxylic acids is 1. The Morgan fingerprint density at radius 1 is 0.879 bits per heavy atom. The maximum Gasteiger partial charge on any atom is 0.226 e. The Bertz CT molecular complexity index is 990. The Morgan fingerprint density at radius 3 is 1.94 bits per heavy atom. The summed E-state index contributed by atoms with van der Waals surface area (Å²) in [6.07, 6.45) is 0.944. The highest BCUT2D eigenvalue weighted by atomic mass is 32.1. The van der Waals surface area contributed by atoms with Crippen molar-refractivity contribution in [1.29, 1.82) is 0 Å². The molecule has 0 heterocycles. The van der Waals surface area contributed by atoms with Crippen LogP contribution in [0, 0.1) is 0 Å². The quantitative estimate of drug-likeness (QED) is 0.323. The fourth-order valence-electron chi connectivity index (χ4n) is 3.48. The van der Waals surface area contributed by atoms with Crippen LogP contribution in [0.2, 0.25) is 0 Å². The number of carbonyl (C=O) groups is 1. The Hall–Kier alpha value is -3.18. The third kappa shape index (κ3) is 7.72. The van der Waals surface area contributed by atoms with Gasteiger partial charge < -0.3 is 15.4 Å². The molecule has 0 bridgehead atoms. The number of benzene rings is 3. The van der Waals surface area contributed by atoms with E-state index < -0.39 is 0 Å². The number of hydrogen-bond donors (Lipinski definition) is 2. The van der Waals surface area contributed by atoms with Crippen LogP contribution in [0.5, 0.6) is 5.75 Å². The molecule has 0 unspecified atom stereocenters. The molecular weight excluding hydrogens is 428 g/mol. The second-order valence-corrected chi connectivity index (χ2v) is 9.41. The SMILES string of the molecule is CC(C)(C)c1ccc(OCCCC(=O)NC(=S)NC(c2ccccc2)c2ccccc2)cc1. The normalized spacial score (nSPS) is 11.2. The molecule has 0 radical (unpaired) electrons. The first-order valence-corrected chi connectivity index (χ1v) is 11.7. The third-order valence-electron chi connectivity index (χ3n) is 5.33. The molecular formula is C28H32N2O2S. The molecule has 0 atom stereocenters. The van der Waals surface area contributed by atoms with Crippen molar-refractivity contribution in [3.8, 4) is 5.75 Å². The molecule has 0 aromatic heterocycles. The van der Waals surface area contributed by atoms with Crippen LogP contribution < -0.4 is 15.4 Å². The molecule has 4 nitrogen and oxygen atoms in total. The van der Waals surface area contributed by atoms with Crippen LogP contribution >= 0.6 is 12.2 Å². The standard InChI is InChI=1S/C28H32N2O2S/c1-28(2,3)23-16-18-24(19-17-23)32-20-10-15-25(31)29-27(33)30-26(21-11-6-4-7-12-21)22-13-8-5-9-14-22/h4-9,11-14,16-19,26H,10,15,20H2,1-3H3,(H2,29,30,31,33). The van der Waals surface area contributed by atoms with E-state index in [0.29, 0.717) is 24.6 Å². The van der Waals surface area contributed by atoms with Gasteiger partial charge in [-0.05, 0) is 52.9 Å². The topological polar surface area (TPSA) is 50.4 Å².